The van der Waals surface area contributed by atoms with Gasteiger partial charge in [0.15, 0.2) is 0 Å². The number of aliphatic hydroxyl groups excluding tert-OH is 1. The van der Waals surface area contributed by atoms with Gasteiger partial charge >= 0.3 is 0 Å². The molecule has 0 saturated carbocycles. The number of aromatic nitrogens is 2. The lowest BCUT2D eigenvalue weighted by Gasteiger charge is -2.15. The van der Waals surface area contributed by atoms with Gasteiger partial charge in [0.1, 0.15) is 17.6 Å². The van der Waals surface area contributed by atoms with Gasteiger partial charge in [-0.05, 0) is 42.3 Å². The fraction of sp³-hybridized carbons (Fsp3) is 0.278. The first-order valence-electron chi connectivity index (χ1n) is 7.73. The van der Waals surface area contributed by atoms with Crippen molar-refractivity contribution < 1.29 is 9.50 Å². The monoisotopic (exact) mass is 341 g/mol. The van der Waals surface area contributed by atoms with E-state index in [9.17, 15) is 9.50 Å². The molecule has 0 saturated heterocycles. The summed E-state index contributed by atoms with van der Waals surface area (Å²) in [6.07, 6.45) is 1.09. The van der Waals surface area contributed by atoms with Crippen molar-refractivity contribution >= 4 is 5.71 Å². The van der Waals surface area contributed by atoms with Gasteiger partial charge in [-0.2, -0.15) is 10.4 Å². The van der Waals surface area contributed by atoms with Crippen molar-refractivity contribution in [1.82, 2.24) is 15.1 Å². The van der Waals surface area contributed by atoms with Gasteiger partial charge in [0.05, 0.1) is 17.5 Å². The maximum absolute atomic E-state index is 13.5. The molecule has 0 spiro atoms. The largest absolute Gasteiger partial charge is 0.394 e. The molecule has 0 bridgehead atoms. The van der Waals surface area contributed by atoms with Crippen LogP contribution in [0.4, 0.5) is 4.39 Å². The summed E-state index contributed by atoms with van der Waals surface area (Å²) in [5.41, 5.74) is 2.65. The summed E-state index contributed by atoms with van der Waals surface area (Å²) in [6.45, 7) is 1.53. The summed E-state index contributed by atoms with van der Waals surface area (Å²) in [5, 5.41) is 34.6. The van der Waals surface area contributed by atoms with E-state index in [1.165, 1.54) is 29.8 Å². The van der Waals surface area contributed by atoms with Crippen LogP contribution in [0.3, 0.4) is 0 Å². The Balaban J connectivity index is 2.39. The Kier molecular flexibility index (Phi) is 5.67. The SMILES string of the molecule is CN/C=C(/Cc1cc(C#N)n(C)n1)C(=N)c1ccc(F)cc1[C@@H](C)O. The highest BCUT2D eigenvalue weighted by Crippen LogP contribution is 2.23. The fourth-order valence-corrected chi connectivity index (χ4v) is 2.58. The molecule has 1 atom stereocenters. The Morgan fingerprint density at radius 1 is 1.52 bits per heavy atom. The molecule has 0 aliphatic heterocycles. The summed E-state index contributed by atoms with van der Waals surface area (Å²) in [4.78, 5) is 0. The molecule has 0 radical (unpaired) electrons. The molecule has 0 unspecified atom stereocenters. The number of allylic oxidation sites excluding steroid dienone is 1. The zero-order valence-electron chi connectivity index (χ0n) is 14.3. The van der Waals surface area contributed by atoms with E-state index in [0.29, 0.717) is 34.5 Å². The first kappa shape index (κ1) is 18.4. The molecule has 25 heavy (non-hydrogen) atoms. The topological polar surface area (TPSA) is 97.7 Å². The standard InChI is InChI=1S/C18H20FN5O/c1-11(25)17-7-13(19)4-5-16(17)18(21)12(10-22-2)6-14-8-15(9-20)24(3)23-14/h4-5,7-8,10-11,21-22,25H,6H2,1-3H3/b12-10-,21-18?/t11-/m1/s1. The second-order valence-electron chi connectivity index (χ2n) is 5.67. The normalized spacial score (nSPS) is 12.6. The molecule has 2 rings (SSSR count). The molecule has 1 aromatic carbocycles. The minimum atomic E-state index is -0.901. The molecule has 3 N–H and O–H groups in total. The van der Waals surface area contributed by atoms with Crippen LogP contribution in [0, 0.1) is 22.6 Å². The van der Waals surface area contributed by atoms with Gasteiger partial charge < -0.3 is 10.4 Å². The van der Waals surface area contributed by atoms with E-state index in [-0.39, 0.29) is 5.71 Å². The molecule has 0 aliphatic carbocycles. The second kappa shape index (κ2) is 7.73. The average Bonchev–Trinajstić information content (AvgIpc) is 2.93. The van der Waals surface area contributed by atoms with Gasteiger partial charge in [-0.25, -0.2) is 4.39 Å². The van der Waals surface area contributed by atoms with Crippen LogP contribution in [0.15, 0.2) is 36.0 Å². The molecule has 7 heteroatoms. The van der Waals surface area contributed by atoms with Crippen LogP contribution in [0.5, 0.6) is 0 Å². The number of nitriles is 1. The van der Waals surface area contributed by atoms with E-state index in [2.05, 4.69) is 10.4 Å². The number of hydrogen-bond acceptors (Lipinski definition) is 5. The van der Waals surface area contributed by atoms with Crippen molar-refractivity contribution in [3.63, 3.8) is 0 Å². The van der Waals surface area contributed by atoms with Crippen LogP contribution in [-0.4, -0.2) is 27.6 Å². The predicted octanol–water partition coefficient (Wildman–Crippen LogP) is 2.20. The molecular weight excluding hydrogens is 321 g/mol. The quantitative estimate of drug-likeness (QED) is 0.702. The summed E-state index contributed by atoms with van der Waals surface area (Å²) >= 11 is 0. The number of nitrogens with one attached hydrogen (secondary N) is 2. The Morgan fingerprint density at radius 2 is 2.24 bits per heavy atom. The minimum Gasteiger partial charge on any atom is -0.394 e. The summed E-state index contributed by atoms with van der Waals surface area (Å²) in [5.74, 6) is -0.463. The molecule has 130 valence electrons. The van der Waals surface area contributed by atoms with Crippen molar-refractivity contribution in [3.05, 3.63) is 64.4 Å². The van der Waals surface area contributed by atoms with E-state index in [1.807, 2.05) is 6.07 Å². The van der Waals surface area contributed by atoms with E-state index in [1.54, 1.807) is 26.4 Å². The Morgan fingerprint density at radius 3 is 2.80 bits per heavy atom. The number of benzene rings is 1. The summed E-state index contributed by atoms with van der Waals surface area (Å²) in [6, 6.07) is 7.70. The molecular formula is C18H20FN5O. The van der Waals surface area contributed by atoms with E-state index in [4.69, 9.17) is 10.7 Å². The van der Waals surface area contributed by atoms with Crippen molar-refractivity contribution in [3.8, 4) is 6.07 Å². The lowest BCUT2D eigenvalue weighted by atomic mass is 9.93. The fourth-order valence-electron chi connectivity index (χ4n) is 2.58. The van der Waals surface area contributed by atoms with E-state index >= 15 is 0 Å². The van der Waals surface area contributed by atoms with Gasteiger partial charge in [0.2, 0.25) is 0 Å². The highest BCUT2D eigenvalue weighted by Gasteiger charge is 2.18. The van der Waals surface area contributed by atoms with E-state index in [0.717, 1.165) is 0 Å². The summed E-state index contributed by atoms with van der Waals surface area (Å²) in [7, 11) is 3.40. The van der Waals surface area contributed by atoms with Crippen molar-refractivity contribution in [2.45, 2.75) is 19.4 Å². The molecule has 0 amide bonds. The van der Waals surface area contributed by atoms with Crippen molar-refractivity contribution in [2.24, 2.45) is 7.05 Å². The number of halogens is 1. The predicted molar refractivity (Wildman–Crippen MR) is 92.6 cm³/mol. The smallest absolute Gasteiger partial charge is 0.138 e. The Hall–Kier alpha value is -2.98. The van der Waals surface area contributed by atoms with Gasteiger partial charge in [-0.3, -0.25) is 10.1 Å². The van der Waals surface area contributed by atoms with Gasteiger partial charge in [0.25, 0.3) is 0 Å². The van der Waals surface area contributed by atoms with Crippen molar-refractivity contribution in [1.29, 1.82) is 10.7 Å². The van der Waals surface area contributed by atoms with Gasteiger partial charge in [-0.15, -0.1) is 0 Å². The number of nitrogens with zero attached hydrogens (tertiary/aromatic N) is 3. The zero-order valence-corrected chi connectivity index (χ0v) is 14.3. The number of hydrogen-bond donors (Lipinski definition) is 3. The van der Waals surface area contributed by atoms with Crippen molar-refractivity contribution in [2.75, 3.05) is 7.05 Å². The maximum Gasteiger partial charge on any atom is 0.138 e. The zero-order chi connectivity index (χ0) is 18.6. The van der Waals surface area contributed by atoms with Gasteiger partial charge in [-0.1, -0.05) is 0 Å². The third-order valence-electron chi connectivity index (χ3n) is 3.79. The Bertz CT molecular complexity index is 861. The first-order valence-corrected chi connectivity index (χ1v) is 7.73. The average molecular weight is 341 g/mol. The number of rotatable bonds is 6. The van der Waals surface area contributed by atoms with E-state index < -0.39 is 11.9 Å². The van der Waals surface area contributed by atoms with Gasteiger partial charge in [0, 0.05) is 32.3 Å². The molecule has 1 heterocycles. The van der Waals surface area contributed by atoms with Crippen LogP contribution >= 0.6 is 0 Å². The molecule has 1 aromatic heterocycles. The second-order valence-corrected chi connectivity index (χ2v) is 5.67. The molecule has 6 nitrogen and oxygen atoms in total. The minimum absolute atomic E-state index is 0.161. The number of aliphatic hydroxyl groups is 1. The molecule has 0 fully saturated rings. The van der Waals surface area contributed by atoms with Crippen LogP contribution in [0.1, 0.15) is 35.5 Å². The highest BCUT2D eigenvalue weighted by molar-refractivity contribution is 6.11. The molecule has 2 aromatic rings. The lowest BCUT2D eigenvalue weighted by Crippen LogP contribution is -2.14. The summed E-state index contributed by atoms with van der Waals surface area (Å²) < 4.78 is 15.0. The highest BCUT2D eigenvalue weighted by atomic mass is 19.1. The first-order chi connectivity index (χ1) is 11.9. The third kappa shape index (κ3) is 4.11. The maximum atomic E-state index is 13.5. The van der Waals surface area contributed by atoms with Crippen LogP contribution < -0.4 is 5.32 Å². The Labute approximate surface area is 145 Å². The lowest BCUT2D eigenvalue weighted by molar-refractivity contribution is 0.198. The van der Waals surface area contributed by atoms with Crippen LogP contribution in [0.25, 0.3) is 0 Å². The van der Waals surface area contributed by atoms with Crippen LogP contribution in [0.2, 0.25) is 0 Å². The third-order valence-corrected chi connectivity index (χ3v) is 3.79. The van der Waals surface area contributed by atoms with Crippen LogP contribution in [-0.2, 0) is 13.5 Å². The number of aryl methyl sites for hydroxylation is 1. The molecule has 0 aliphatic rings.